The first-order chi connectivity index (χ1) is 10.6. The predicted octanol–water partition coefficient (Wildman–Crippen LogP) is 2.57. The van der Waals surface area contributed by atoms with Crippen LogP contribution in [0.25, 0.3) is 0 Å². The maximum atomic E-state index is 13.0. The summed E-state index contributed by atoms with van der Waals surface area (Å²) in [6, 6.07) is 4.17. The van der Waals surface area contributed by atoms with Gasteiger partial charge < -0.3 is 15.2 Å². The van der Waals surface area contributed by atoms with Crippen molar-refractivity contribution in [2.75, 3.05) is 12.4 Å². The van der Waals surface area contributed by atoms with Crippen LogP contribution in [0.15, 0.2) is 18.2 Å². The highest BCUT2D eigenvalue weighted by Gasteiger charge is 2.50. The van der Waals surface area contributed by atoms with Gasteiger partial charge in [-0.25, -0.2) is 0 Å². The lowest BCUT2D eigenvalue weighted by Gasteiger charge is -2.33. The van der Waals surface area contributed by atoms with Crippen LogP contribution in [-0.2, 0) is 20.7 Å². The summed E-state index contributed by atoms with van der Waals surface area (Å²) < 4.78 is 43.5. The molecule has 0 fully saturated rings. The summed E-state index contributed by atoms with van der Waals surface area (Å²) in [7, 11) is 1.05. The van der Waals surface area contributed by atoms with E-state index in [0.29, 0.717) is 5.56 Å². The number of ether oxygens (including phenoxy) is 1. The molecule has 1 aliphatic heterocycles. The van der Waals surface area contributed by atoms with E-state index < -0.39 is 36.3 Å². The fourth-order valence-corrected chi connectivity index (χ4v) is 2.72. The van der Waals surface area contributed by atoms with Crippen molar-refractivity contribution in [2.45, 2.75) is 37.4 Å². The molecule has 5 nitrogen and oxygen atoms in total. The molecule has 0 aromatic heterocycles. The molecular weight excluding hydrogens is 315 g/mol. The van der Waals surface area contributed by atoms with Gasteiger partial charge in [0.1, 0.15) is 11.3 Å². The topological polar surface area (TPSA) is 75.6 Å². The van der Waals surface area contributed by atoms with E-state index in [1.54, 1.807) is 0 Å². The number of hydrogen-bond acceptors (Lipinski definition) is 5. The number of nitrogens with one attached hydrogen (secondary N) is 1. The van der Waals surface area contributed by atoms with Crippen molar-refractivity contribution in [3.63, 3.8) is 0 Å². The van der Waals surface area contributed by atoms with Crippen LogP contribution in [-0.4, -0.2) is 35.7 Å². The number of methoxy groups -OCH3 is 1. The molecule has 8 heteroatoms. The van der Waals surface area contributed by atoms with Gasteiger partial charge in [-0.2, -0.15) is 13.2 Å². The molecule has 1 atom stereocenters. The number of aryl methyl sites for hydroxylation is 1. The minimum Gasteiger partial charge on any atom is -0.508 e. The number of Topliss-reactive ketones (excluding diaryl/α,β-unsaturated/α-hetero) is 1. The minimum atomic E-state index is -4.65. The molecule has 0 bridgehead atoms. The number of esters is 1. The van der Waals surface area contributed by atoms with Crippen LogP contribution in [0.1, 0.15) is 24.8 Å². The SMILES string of the molecule is COC(=O)CC1(CC(F)(F)F)Nc2cc(O)ccc2CCC1=O. The lowest BCUT2D eigenvalue weighted by atomic mass is 9.84. The maximum Gasteiger partial charge on any atom is 0.391 e. The summed E-state index contributed by atoms with van der Waals surface area (Å²) in [6.45, 7) is 0. The standard InChI is InChI=1S/C15H16F3NO4/c1-23-13(22)7-14(8-15(16,17)18)12(21)5-3-9-2-4-10(20)6-11(9)19-14/h2,4,6,19-20H,3,5,7-8H2,1H3. The van der Waals surface area contributed by atoms with Crippen LogP contribution < -0.4 is 5.32 Å². The van der Waals surface area contributed by atoms with E-state index in [9.17, 15) is 27.9 Å². The number of aromatic hydroxyl groups is 1. The first-order valence-corrected chi connectivity index (χ1v) is 6.92. The Kier molecular flexibility index (Phi) is 4.53. The van der Waals surface area contributed by atoms with E-state index in [1.807, 2.05) is 0 Å². The van der Waals surface area contributed by atoms with Crippen LogP contribution in [0, 0.1) is 0 Å². The zero-order chi connectivity index (χ0) is 17.3. The number of alkyl halides is 3. The van der Waals surface area contributed by atoms with E-state index in [2.05, 4.69) is 10.1 Å². The second-order valence-corrected chi connectivity index (χ2v) is 5.52. The lowest BCUT2D eigenvalue weighted by Crippen LogP contribution is -2.50. The molecule has 126 valence electrons. The summed E-state index contributed by atoms with van der Waals surface area (Å²) in [6.07, 6.45) is -6.81. The summed E-state index contributed by atoms with van der Waals surface area (Å²) in [5.74, 6) is -1.78. The molecular formula is C15H16F3NO4. The molecule has 0 amide bonds. The molecule has 0 radical (unpaired) electrons. The molecule has 23 heavy (non-hydrogen) atoms. The van der Waals surface area contributed by atoms with E-state index in [1.165, 1.54) is 18.2 Å². The van der Waals surface area contributed by atoms with Crippen LogP contribution in [0.4, 0.5) is 18.9 Å². The van der Waals surface area contributed by atoms with Crippen molar-refractivity contribution >= 4 is 17.4 Å². The number of ketones is 1. The van der Waals surface area contributed by atoms with E-state index in [4.69, 9.17) is 0 Å². The van der Waals surface area contributed by atoms with Gasteiger partial charge in [-0.1, -0.05) is 6.07 Å². The number of phenolic OH excluding ortho intramolecular Hbond substituents is 1. The van der Waals surface area contributed by atoms with Gasteiger partial charge in [-0.05, 0) is 18.1 Å². The minimum absolute atomic E-state index is 0.141. The molecule has 0 saturated carbocycles. The van der Waals surface area contributed by atoms with Crippen LogP contribution in [0.3, 0.4) is 0 Å². The zero-order valence-corrected chi connectivity index (χ0v) is 12.4. The lowest BCUT2D eigenvalue weighted by molar-refractivity contribution is -0.160. The summed E-state index contributed by atoms with van der Waals surface area (Å²) in [5, 5.41) is 12.1. The monoisotopic (exact) mass is 331 g/mol. The molecule has 0 saturated heterocycles. The Morgan fingerprint density at radius 2 is 2.09 bits per heavy atom. The molecule has 0 spiro atoms. The van der Waals surface area contributed by atoms with Gasteiger partial charge in [-0.3, -0.25) is 9.59 Å². The first-order valence-electron chi connectivity index (χ1n) is 6.92. The molecule has 1 aromatic carbocycles. The number of carbonyl (C=O) groups is 2. The highest BCUT2D eigenvalue weighted by atomic mass is 19.4. The number of fused-ring (bicyclic) bond motifs is 1. The molecule has 1 aliphatic rings. The van der Waals surface area contributed by atoms with Crippen molar-refractivity contribution in [3.8, 4) is 5.75 Å². The summed E-state index contributed by atoms with van der Waals surface area (Å²) in [4.78, 5) is 24.0. The summed E-state index contributed by atoms with van der Waals surface area (Å²) >= 11 is 0. The van der Waals surface area contributed by atoms with Crippen molar-refractivity contribution < 1.29 is 32.6 Å². The number of benzene rings is 1. The van der Waals surface area contributed by atoms with Crippen molar-refractivity contribution in [2.24, 2.45) is 0 Å². The molecule has 2 N–H and O–H groups in total. The normalized spacial score (nSPS) is 21.1. The fraction of sp³-hybridized carbons (Fsp3) is 0.467. The fourth-order valence-electron chi connectivity index (χ4n) is 2.72. The Hall–Kier alpha value is -2.25. The predicted molar refractivity (Wildman–Crippen MR) is 75.1 cm³/mol. The van der Waals surface area contributed by atoms with E-state index in [-0.39, 0.29) is 24.3 Å². The van der Waals surface area contributed by atoms with Crippen LogP contribution in [0.5, 0.6) is 5.75 Å². The van der Waals surface area contributed by atoms with E-state index >= 15 is 0 Å². The number of halogens is 3. The molecule has 0 aliphatic carbocycles. The second-order valence-electron chi connectivity index (χ2n) is 5.52. The third kappa shape index (κ3) is 3.94. The highest BCUT2D eigenvalue weighted by molar-refractivity contribution is 5.96. The van der Waals surface area contributed by atoms with Crippen LogP contribution in [0.2, 0.25) is 0 Å². The Bertz CT molecular complexity index is 630. The quantitative estimate of drug-likeness (QED) is 0.833. The average Bonchev–Trinajstić information content (AvgIpc) is 2.55. The zero-order valence-electron chi connectivity index (χ0n) is 12.4. The Morgan fingerprint density at radius 1 is 1.39 bits per heavy atom. The molecule has 2 rings (SSSR count). The summed E-state index contributed by atoms with van der Waals surface area (Å²) in [5.41, 5.74) is -1.32. The van der Waals surface area contributed by atoms with Crippen molar-refractivity contribution in [1.29, 1.82) is 0 Å². The number of phenols is 1. The number of anilines is 1. The number of hydrogen-bond donors (Lipinski definition) is 2. The van der Waals surface area contributed by atoms with E-state index in [0.717, 1.165) is 7.11 Å². The van der Waals surface area contributed by atoms with Gasteiger partial charge >= 0.3 is 12.1 Å². The Balaban J connectivity index is 2.48. The first kappa shape index (κ1) is 17.1. The van der Waals surface area contributed by atoms with Gasteiger partial charge in [-0.15, -0.1) is 0 Å². The van der Waals surface area contributed by atoms with Crippen LogP contribution >= 0.6 is 0 Å². The number of rotatable bonds is 3. The molecule has 1 aromatic rings. The average molecular weight is 331 g/mol. The largest absolute Gasteiger partial charge is 0.508 e. The third-order valence-electron chi connectivity index (χ3n) is 3.80. The third-order valence-corrected chi connectivity index (χ3v) is 3.80. The van der Waals surface area contributed by atoms with Gasteiger partial charge in [0.05, 0.1) is 20.0 Å². The molecule has 1 heterocycles. The Morgan fingerprint density at radius 3 is 2.70 bits per heavy atom. The van der Waals surface area contributed by atoms with Gasteiger partial charge in [0.15, 0.2) is 5.78 Å². The van der Waals surface area contributed by atoms with Crippen molar-refractivity contribution in [3.05, 3.63) is 23.8 Å². The maximum absolute atomic E-state index is 13.0. The van der Waals surface area contributed by atoms with Gasteiger partial charge in [0.25, 0.3) is 0 Å². The smallest absolute Gasteiger partial charge is 0.391 e. The highest BCUT2D eigenvalue weighted by Crippen LogP contribution is 2.38. The Labute approximate surface area is 130 Å². The molecule has 1 unspecified atom stereocenters. The second kappa shape index (κ2) is 6.10. The van der Waals surface area contributed by atoms with Crippen molar-refractivity contribution in [1.82, 2.24) is 0 Å². The number of carbonyl (C=O) groups excluding carboxylic acids is 2. The van der Waals surface area contributed by atoms with Gasteiger partial charge in [0, 0.05) is 18.2 Å². The van der Waals surface area contributed by atoms with Gasteiger partial charge in [0.2, 0.25) is 0 Å².